The Morgan fingerprint density at radius 3 is 2.35 bits per heavy atom. The van der Waals surface area contributed by atoms with Crippen LogP contribution in [0.4, 0.5) is 15.8 Å². The van der Waals surface area contributed by atoms with Gasteiger partial charge >= 0.3 is 5.97 Å². The minimum absolute atomic E-state index is 0.0699. The lowest BCUT2D eigenvalue weighted by atomic mass is 9.95. The lowest BCUT2D eigenvalue weighted by Gasteiger charge is -2.19. The molecule has 1 atom stereocenters. The van der Waals surface area contributed by atoms with E-state index in [-0.39, 0.29) is 18.6 Å². The average molecular weight is 426 g/mol. The summed E-state index contributed by atoms with van der Waals surface area (Å²) in [5.41, 5.74) is 1.35. The monoisotopic (exact) mass is 426 g/mol. The maximum Gasteiger partial charge on any atom is 0.336 e. The lowest BCUT2D eigenvalue weighted by Crippen LogP contribution is -2.32. The molecular weight excluding hydrogens is 403 g/mol. The number of hydrogen-bond acceptors (Lipinski definition) is 6. The van der Waals surface area contributed by atoms with Crippen molar-refractivity contribution < 1.29 is 28.2 Å². The van der Waals surface area contributed by atoms with E-state index in [4.69, 9.17) is 9.47 Å². The third-order valence-corrected chi connectivity index (χ3v) is 4.90. The van der Waals surface area contributed by atoms with E-state index in [1.54, 1.807) is 38.1 Å². The van der Waals surface area contributed by atoms with Gasteiger partial charge in [-0.25, -0.2) is 14.1 Å². The van der Waals surface area contributed by atoms with Crippen LogP contribution in [0.3, 0.4) is 0 Å². The summed E-state index contributed by atoms with van der Waals surface area (Å²) in [6, 6.07) is 12.1. The summed E-state index contributed by atoms with van der Waals surface area (Å²) in [7, 11) is 1.52. The van der Waals surface area contributed by atoms with Crippen molar-refractivity contribution in [2.24, 2.45) is 5.92 Å². The zero-order chi connectivity index (χ0) is 22.5. The third-order valence-electron chi connectivity index (χ3n) is 4.90. The second kappa shape index (κ2) is 9.42. The number of carbonyl (C=O) groups excluding carboxylic acids is 3. The van der Waals surface area contributed by atoms with Crippen LogP contribution in [0.15, 0.2) is 59.8 Å². The summed E-state index contributed by atoms with van der Waals surface area (Å²) in [4.78, 5) is 39.6. The number of halogens is 1. The molecule has 7 nitrogen and oxygen atoms in total. The Morgan fingerprint density at radius 1 is 1.13 bits per heavy atom. The van der Waals surface area contributed by atoms with Gasteiger partial charge in [0, 0.05) is 17.8 Å². The molecule has 31 heavy (non-hydrogen) atoms. The molecule has 1 unspecified atom stereocenters. The molecule has 1 N–H and O–H groups in total. The standard InChI is InChI=1S/C23H23FN2O5/c1-4-31-23(29)21(14(2)25-16-7-5-15(24)6-8-16)19-13-20(27)26(22(19)28)17-9-11-18(30-3)12-10-17/h5-12,19,25H,4,13H2,1-3H3. The van der Waals surface area contributed by atoms with Crippen molar-refractivity contribution in [2.75, 3.05) is 23.9 Å². The zero-order valence-electron chi connectivity index (χ0n) is 17.5. The summed E-state index contributed by atoms with van der Waals surface area (Å²) in [5.74, 6) is -2.43. The maximum atomic E-state index is 13.2. The van der Waals surface area contributed by atoms with Crippen molar-refractivity contribution in [1.29, 1.82) is 0 Å². The van der Waals surface area contributed by atoms with E-state index in [9.17, 15) is 18.8 Å². The Balaban J connectivity index is 1.95. The van der Waals surface area contributed by atoms with Crippen LogP contribution >= 0.6 is 0 Å². The van der Waals surface area contributed by atoms with Gasteiger partial charge in [0.2, 0.25) is 11.8 Å². The number of hydrogen-bond donors (Lipinski definition) is 1. The van der Waals surface area contributed by atoms with E-state index in [0.717, 1.165) is 4.90 Å². The predicted octanol–water partition coefficient (Wildman–Crippen LogP) is 3.66. The zero-order valence-corrected chi connectivity index (χ0v) is 17.5. The number of rotatable bonds is 7. The van der Waals surface area contributed by atoms with Crippen molar-refractivity contribution in [1.82, 2.24) is 0 Å². The fourth-order valence-corrected chi connectivity index (χ4v) is 3.44. The summed E-state index contributed by atoms with van der Waals surface area (Å²) in [5, 5.41) is 3.00. The molecule has 0 spiro atoms. The lowest BCUT2D eigenvalue weighted by molar-refractivity contribution is -0.140. The van der Waals surface area contributed by atoms with Gasteiger partial charge in [-0.2, -0.15) is 0 Å². The van der Waals surface area contributed by atoms with Crippen molar-refractivity contribution in [3.05, 3.63) is 65.6 Å². The van der Waals surface area contributed by atoms with Crippen LogP contribution in [0.1, 0.15) is 20.3 Å². The molecule has 2 amide bonds. The first-order valence-corrected chi connectivity index (χ1v) is 9.77. The van der Waals surface area contributed by atoms with Gasteiger partial charge in [-0.3, -0.25) is 9.59 Å². The second-order valence-electron chi connectivity index (χ2n) is 6.91. The molecule has 0 saturated carbocycles. The number of nitrogens with one attached hydrogen (secondary N) is 1. The van der Waals surface area contributed by atoms with E-state index in [2.05, 4.69) is 5.32 Å². The summed E-state index contributed by atoms with van der Waals surface area (Å²) in [6.07, 6.45) is -0.165. The number of amides is 2. The molecular formula is C23H23FN2O5. The molecule has 0 bridgehead atoms. The van der Waals surface area contributed by atoms with Crippen LogP contribution in [0.25, 0.3) is 0 Å². The topological polar surface area (TPSA) is 84.9 Å². The minimum atomic E-state index is -0.999. The fraction of sp³-hybridized carbons (Fsp3) is 0.261. The highest BCUT2D eigenvalue weighted by atomic mass is 19.1. The predicted molar refractivity (Wildman–Crippen MR) is 113 cm³/mol. The number of imide groups is 1. The van der Waals surface area contributed by atoms with E-state index < -0.39 is 29.5 Å². The quantitative estimate of drug-likeness (QED) is 0.413. The Bertz CT molecular complexity index is 1020. The number of benzene rings is 2. The molecule has 0 radical (unpaired) electrons. The number of allylic oxidation sites excluding steroid dienone is 1. The number of anilines is 2. The first-order valence-electron chi connectivity index (χ1n) is 9.77. The van der Waals surface area contributed by atoms with Gasteiger partial charge in [-0.05, 0) is 62.4 Å². The van der Waals surface area contributed by atoms with E-state index in [1.165, 1.54) is 31.4 Å². The second-order valence-corrected chi connectivity index (χ2v) is 6.91. The Labute approximate surface area is 179 Å². The molecule has 1 fully saturated rings. The molecule has 1 aliphatic heterocycles. The molecule has 1 heterocycles. The number of ether oxygens (including phenoxy) is 2. The van der Waals surface area contributed by atoms with Gasteiger partial charge in [0.15, 0.2) is 0 Å². The number of esters is 1. The van der Waals surface area contributed by atoms with Gasteiger partial charge in [0.05, 0.1) is 30.9 Å². The highest BCUT2D eigenvalue weighted by Crippen LogP contribution is 2.34. The van der Waals surface area contributed by atoms with Gasteiger partial charge in [0.25, 0.3) is 0 Å². The van der Waals surface area contributed by atoms with E-state index in [0.29, 0.717) is 22.8 Å². The van der Waals surface area contributed by atoms with Gasteiger partial charge < -0.3 is 14.8 Å². The summed E-state index contributed by atoms with van der Waals surface area (Å²) >= 11 is 0. The SMILES string of the molecule is CCOC(=O)C(=C(C)Nc1ccc(F)cc1)C1CC(=O)N(c2ccc(OC)cc2)C1=O. The van der Waals surface area contributed by atoms with Crippen molar-refractivity contribution in [3.8, 4) is 5.75 Å². The Hall–Kier alpha value is -3.68. The summed E-state index contributed by atoms with van der Waals surface area (Å²) < 4.78 is 23.5. The number of carbonyl (C=O) groups is 3. The van der Waals surface area contributed by atoms with Gasteiger partial charge in [-0.1, -0.05) is 0 Å². The number of nitrogens with zero attached hydrogens (tertiary/aromatic N) is 1. The third kappa shape index (κ3) is 4.74. The fourth-order valence-electron chi connectivity index (χ4n) is 3.44. The molecule has 0 aliphatic carbocycles. The van der Waals surface area contributed by atoms with Crippen LogP contribution in [-0.2, 0) is 19.1 Å². The highest BCUT2D eigenvalue weighted by molar-refractivity contribution is 6.23. The molecule has 0 aromatic heterocycles. The highest BCUT2D eigenvalue weighted by Gasteiger charge is 2.44. The minimum Gasteiger partial charge on any atom is -0.497 e. The van der Waals surface area contributed by atoms with E-state index in [1.807, 2.05) is 0 Å². The molecule has 2 aromatic rings. The first-order chi connectivity index (χ1) is 14.8. The van der Waals surface area contributed by atoms with Crippen LogP contribution in [0.5, 0.6) is 5.75 Å². The first kappa shape index (κ1) is 22.0. The Morgan fingerprint density at radius 2 is 1.77 bits per heavy atom. The van der Waals surface area contributed by atoms with Crippen LogP contribution in [0.2, 0.25) is 0 Å². The normalized spacial score (nSPS) is 16.8. The average Bonchev–Trinajstić information content (AvgIpc) is 3.04. The van der Waals surface area contributed by atoms with E-state index >= 15 is 0 Å². The molecule has 1 aliphatic rings. The van der Waals surface area contributed by atoms with Crippen molar-refractivity contribution >= 4 is 29.2 Å². The molecule has 3 rings (SSSR count). The van der Waals surface area contributed by atoms with Gasteiger partial charge in [0.1, 0.15) is 11.6 Å². The van der Waals surface area contributed by atoms with Crippen LogP contribution in [0, 0.1) is 11.7 Å². The molecule has 2 aromatic carbocycles. The largest absolute Gasteiger partial charge is 0.497 e. The Kier molecular flexibility index (Phi) is 6.69. The molecule has 8 heteroatoms. The number of methoxy groups -OCH3 is 1. The van der Waals surface area contributed by atoms with Crippen LogP contribution < -0.4 is 15.0 Å². The molecule has 1 saturated heterocycles. The van der Waals surface area contributed by atoms with Crippen molar-refractivity contribution in [2.45, 2.75) is 20.3 Å². The maximum absolute atomic E-state index is 13.2. The summed E-state index contributed by atoms with van der Waals surface area (Å²) in [6.45, 7) is 3.39. The van der Waals surface area contributed by atoms with Crippen molar-refractivity contribution in [3.63, 3.8) is 0 Å². The van der Waals surface area contributed by atoms with Gasteiger partial charge in [-0.15, -0.1) is 0 Å². The smallest absolute Gasteiger partial charge is 0.336 e. The molecule has 162 valence electrons. The van der Waals surface area contributed by atoms with Crippen LogP contribution in [-0.4, -0.2) is 31.5 Å².